The number of carboxylic acids is 2. The van der Waals surface area contributed by atoms with Gasteiger partial charge in [-0.3, -0.25) is 72.3 Å². The molecule has 1 saturated heterocycles. The maximum atomic E-state index is 15.2. The Morgan fingerprint density at radius 2 is 1.04 bits per heavy atom. The number of aliphatic carboxylic acids is 2. The second-order valence-corrected chi connectivity index (χ2v) is 34.6. The van der Waals surface area contributed by atoms with Crippen LogP contribution in [-0.4, -0.2) is 274 Å². The summed E-state index contributed by atoms with van der Waals surface area (Å²) in [6, 6.07) is 3.50. The molecule has 41 heteroatoms. The molecule has 4 rings (SSSR count). The number of likely N-dealkylation sites (tertiary alicyclic amines) is 1. The fourth-order valence-corrected chi connectivity index (χ4v) is 15.3. The molecule has 9 atom stereocenters. The molecule has 1 saturated carbocycles. The molecule has 2 aliphatic rings. The molecular weight excluding hydrogens is 1720 g/mol. The molecular formula is C92H151N19O22. The third kappa shape index (κ3) is 48.2. The lowest BCUT2D eigenvalue weighted by Crippen LogP contribution is -2.65. The summed E-state index contributed by atoms with van der Waals surface area (Å²) in [7, 11) is 1.45. The number of hydrogen-bond donors (Lipinski definition) is 19. The molecule has 1 aliphatic heterocycles. The van der Waals surface area contributed by atoms with E-state index < -0.39 is 145 Å². The van der Waals surface area contributed by atoms with Gasteiger partial charge in [0.1, 0.15) is 72.8 Å². The molecule has 746 valence electrons. The van der Waals surface area contributed by atoms with Gasteiger partial charge in [0, 0.05) is 91.1 Å². The number of aliphatic imine (C=N–C) groups is 2. The Kier molecular flexibility index (Phi) is 56.0. The highest BCUT2D eigenvalue weighted by Crippen LogP contribution is 2.30. The summed E-state index contributed by atoms with van der Waals surface area (Å²) >= 11 is 0. The molecule has 2 unspecified atom stereocenters. The van der Waals surface area contributed by atoms with Crippen LogP contribution in [0.5, 0.6) is 5.75 Å². The normalized spacial score (nSPS) is 16.3. The first-order chi connectivity index (χ1) is 63.6. The standard InChI is InChI=1S/C92H151N19O22/c1-7-9-11-12-13-14-15-16-20-32-76(114)102-58-64-33-37-65(38-34-64)80(118)107-70(87(125)126)41-42-77(115)98-45-24-48-130-50-52-132-53-51-131-49-25-46-99-78(116)59-133-60-79(117)103-72(55-62-35-39-66(112)40-36-62)84(122)110-92(5,57-63-26-18-17-19-27-63)89(129)109-71(54-61(3)4)83(121)104-67(28-10-8-2)81(119)106-69(30-22-43-100-90(94)95)86(124)111-47-23-31-74(111)85(123)105-68(29-21-44-101-91(96)97-6)82(120)108-73(88(127)128)56-75(93)113/h17-19,26-27,35-36,39-40,61,64-65,67-74,112H,7-16,20-25,28-34,37-38,41-60H2,1-6H3,(H2,93,113)(H,98,115)(H,99,116)(H,102,114)(H,103,117)(H,104,121)(H,105,123)(H,106,119)(H,107,118)(H,108,120)(H,109,129)(H,110,122)(H,125,126)(H,127,128)(H4,94,95,100)(H3,96,97,101)/t64?,65?,67?,68-,69-,70-,71-,72-,73-,74-,92?/m0/s1. The molecule has 1 aliphatic carbocycles. The Bertz CT molecular complexity index is 3980. The molecule has 133 heavy (non-hydrogen) atoms. The van der Waals surface area contributed by atoms with Crippen molar-refractivity contribution >= 4 is 101 Å². The summed E-state index contributed by atoms with van der Waals surface area (Å²) in [5, 5.41) is 62.6. The quantitative estimate of drug-likeness (QED) is 0.0255. The molecule has 1 heterocycles. The maximum absolute atomic E-state index is 15.2. The lowest BCUT2D eigenvalue weighted by Gasteiger charge is -2.34. The van der Waals surface area contributed by atoms with Crippen molar-refractivity contribution in [2.75, 3.05) is 99.2 Å². The number of carbonyl (C=O) groups is 15. The zero-order chi connectivity index (χ0) is 97.9. The SMILES string of the molecule is CCCCCCCCCCCC(=O)NCC1CCC(C(=O)N[C@@H](CCC(=O)NCCCOCCOCCOCCCNC(=O)COCC(=O)N[C@@H](Cc2ccc(O)cc2)C(=O)NC(C)(Cc2ccccc2)C(=O)N[C@@H](CC(C)C)C(=O)NC(CCCC)C(=O)N[C@@H](CCCN=C(N)N)C(=O)N2CCC[C@H]2C(=O)N[C@@H](CCCNC(N)=NC)C(=O)N[C@@H](CC(N)=O)C(=O)O)C(=O)O)CC1. The van der Waals surface area contributed by atoms with Crippen LogP contribution in [0, 0.1) is 17.8 Å². The Labute approximate surface area is 780 Å². The number of phenolic OH excluding ortho intramolecular Hbond substituents is 1. The van der Waals surface area contributed by atoms with Crippen LogP contribution in [0.25, 0.3) is 0 Å². The Morgan fingerprint density at radius 3 is 1.64 bits per heavy atom. The van der Waals surface area contributed by atoms with Crippen molar-refractivity contribution < 1.29 is 106 Å². The number of phenols is 1. The number of ether oxygens (including phenoxy) is 4. The topological polar surface area (TPSA) is 630 Å². The van der Waals surface area contributed by atoms with Gasteiger partial charge in [0.15, 0.2) is 11.9 Å². The molecule has 0 bridgehead atoms. The first-order valence-electron chi connectivity index (χ1n) is 47.1. The van der Waals surface area contributed by atoms with Gasteiger partial charge in [-0.25, -0.2) is 9.59 Å². The minimum Gasteiger partial charge on any atom is -0.508 e. The van der Waals surface area contributed by atoms with Crippen LogP contribution >= 0.6 is 0 Å². The molecule has 0 aromatic heterocycles. The number of primary amides is 1. The van der Waals surface area contributed by atoms with Gasteiger partial charge in [-0.1, -0.05) is 134 Å². The highest BCUT2D eigenvalue weighted by Gasteiger charge is 2.43. The van der Waals surface area contributed by atoms with E-state index in [1.165, 1.54) is 81.7 Å². The van der Waals surface area contributed by atoms with Gasteiger partial charge < -0.3 is 126 Å². The highest BCUT2D eigenvalue weighted by molar-refractivity contribution is 6.00. The van der Waals surface area contributed by atoms with Crippen LogP contribution in [0.15, 0.2) is 64.6 Å². The molecule has 0 spiro atoms. The second kappa shape index (κ2) is 65.3. The zero-order valence-electron chi connectivity index (χ0n) is 78.6. The van der Waals surface area contributed by atoms with Gasteiger partial charge in [0.05, 0.1) is 32.8 Å². The largest absolute Gasteiger partial charge is 0.508 e. The molecule has 23 N–H and O–H groups in total. The fourth-order valence-electron chi connectivity index (χ4n) is 15.3. The average molecular weight is 1880 g/mol. The second-order valence-electron chi connectivity index (χ2n) is 34.6. The first-order valence-corrected chi connectivity index (χ1v) is 47.1. The van der Waals surface area contributed by atoms with E-state index in [0.717, 1.165) is 32.1 Å². The number of guanidine groups is 2. The van der Waals surface area contributed by atoms with E-state index in [4.69, 9.17) is 41.9 Å². The third-order valence-electron chi connectivity index (χ3n) is 22.8. The summed E-state index contributed by atoms with van der Waals surface area (Å²) in [5.74, 6) is -12.1. The highest BCUT2D eigenvalue weighted by atomic mass is 16.5. The van der Waals surface area contributed by atoms with E-state index >= 15 is 4.79 Å². The minimum absolute atomic E-state index is 0.0108. The summed E-state index contributed by atoms with van der Waals surface area (Å²) in [5.41, 5.74) is 21.5. The minimum atomic E-state index is -1.89. The number of carbonyl (C=O) groups excluding carboxylic acids is 13. The Morgan fingerprint density at radius 1 is 0.496 bits per heavy atom. The lowest BCUT2D eigenvalue weighted by atomic mass is 9.81. The van der Waals surface area contributed by atoms with Crippen LogP contribution < -0.4 is 86.7 Å². The molecule has 2 fully saturated rings. The smallest absolute Gasteiger partial charge is 0.326 e. The van der Waals surface area contributed by atoms with Crippen molar-refractivity contribution in [2.45, 2.75) is 288 Å². The van der Waals surface area contributed by atoms with Crippen LogP contribution in [0.4, 0.5) is 0 Å². The Hall–Kier alpha value is -11.3. The van der Waals surface area contributed by atoms with E-state index in [-0.39, 0.29) is 183 Å². The number of nitrogens with two attached hydrogens (primary N) is 4. The Balaban J connectivity index is 1.27. The number of rotatable bonds is 70. The molecule has 2 aromatic carbocycles. The number of aromatic hydroxyl groups is 1. The van der Waals surface area contributed by atoms with Crippen molar-refractivity contribution in [3.63, 3.8) is 0 Å². The van der Waals surface area contributed by atoms with Gasteiger partial charge in [0.2, 0.25) is 76.8 Å². The van der Waals surface area contributed by atoms with Gasteiger partial charge >= 0.3 is 11.9 Å². The number of carboxylic acid groups (broad SMARTS) is 2. The summed E-state index contributed by atoms with van der Waals surface area (Å²) in [6.07, 6.45) is 15.2. The number of nitrogens with one attached hydrogen (secondary N) is 12. The van der Waals surface area contributed by atoms with E-state index in [0.29, 0.717) is 82.2 Å². The van der Waals surface area contributed by atoms with Gasteiger partial charge in [-0.05, 0) is 145 Å². The van der Waals surface area contributed by atoms with E-state index in [1.54, 1.807) is 44.2 Å². The van der Waals surface area contributed by atoms with E-state index in [2.05, 4.69) is 80.7 Å². The van der Waals surface area contributed by atoms with E-state index in [1.807, 2.05) is 6.92 Å². The monoisotopic (exact) mass is 1870 g/mol. The van der Waals surface area contributed by atoms with Crippen molar-refractivity contribution in [3.8, 4) is 5.75 Å². The fraction of sp³-hybridized carbons (Fsp3) is 0.685. The lowest BCUT2D eigenvalue weighted by molar-refractivity contribution is -0.144. The average Bonchev–Trinajstić information content (AvgIpc) is 1.81. The van der Waals surface area contributed by atoms with Crippen LogP contribution in [-0.2, 0) is 104 Å². The number of benzene rings is 2. The van der Waals surface area contributed by atoms with Crippen molar-refractivity contribution in [3.05, 3.63) is 65.7 Å². The van der Waals surface area contributed by atoms with Crippen molar-refractivity contribution in [1.82, 2.24) is 68.7 Å². The van der Waals surface area contributed by atoms with Gasteiger partial charge in [-0.2, -0.15) is 0 Å². The number of hydrogen-bond acceptors (Lipinski definition) is 22. The van der Waals surface area contributed by atoms with E-state index in [9.17, 15) is 82.4 Å². The molecule has 0 radical (unpaired) electrons. The van der Waals surface area contributed by atoms with Crippen LogP contribution in [0.2, 0.25) is 0 Å². The van der Waals surface area contributed by atoms with Crippen molar-refractivity contribution in [2.24, 2.45) is 50.7 Å². The first kappa shape index (κ1) is 114. The predicted molar refractivity (Wildman–Crippen MR) is 498 cm³/mol. The molecule has 2 aromatic rings. The van der Waals surface area contributed by atoms with Crippen LogP contribution in [0.1, 0.15) is 232 Å². The number of unbranched alkanes of at least 4 members (excludes halogenated alkanes) is 9. The van der Waals surface area contributed by atoms with Gasteiger partial charge in [0.25, 0.3) is 0 Å². The molecule has 41 nitrogen and oxygen atoms in total. The summed E-state index contributed by atoms with van der Waals surface area (Å²) < 4.78 is 22.3. The number of nitrogens with zero attached hydrogens (tertiary/aromatic N) is 3. The molecule has 13 amide bonds. The zero-order valence-corrected chi connectivity index (χ0v) is 78.6. The number of amides is 13. The van der Waals surface area contributed by atoms with Crippen molar-refractivity contribution in [1.29, 1.82) is 0 Å². The summed E-state index contributed by atoms with van der Waals surface area (Å²) in [4.78, 5) is 212. The van der Waals surface area contributed by atoms with Gasteiger partial charge in [-0.15, -0.1) is 0 Å². The van der Waals surface area contributed by atoms with Crippen LogP contribution in [0.3, 0.4) is 0 Å². The maximum Gasteiger partial charge on any atom is 0.326 e. The predicted octanol–water partition coefficient (Wildman–Crippen LogP) is 1.79. The summed E-state index contributed by atoms with van der Waals surface area (Å²) in [6.45, 7) is 10.9. The third-order valence-corrected chi connectivity index (χ3v) is 22.8.